The van der Waals surface area contributed by atoms with E-state index >= 15 is 0 Å². The first-order valence-electron chi connectivity index (χ1n) is 20.8. The summed E-state index contributed by atoms with van der Waals surface area (Å²) in [6, 6.07) is 14.0. The second kappa shape index (κ2) is 18.4. The standard InChI is InChI=1S/C44H54ClN3O12S4/c1-43(2)36-29-33(47(22-7-25-61(49,50)51)23-8-26-62(52,53)54)15-19-37(36)48(24-9-27-63(55,56)57)40(43)21-14-31-11-6-10-30(42(31)45)13-20-39-44(3,4)41-35-17-16-34(64(58,59)60)28-32(35)12-18-38(41)46(39)5/h12-21,28-29H,6-11,22-27H2,1-5H3,(H3-,49,50,51,52,53,54,55,56,57,58,59,60)/p+1. The van der Waals surface area contributed by atoms with E-state index in [0.29, 0.717) is 22.5 Å². The predicted octanol–water partition coefficient (Wildman–Crippen LogP) is 7.57. The van der Waals surface area contributed by atoms with Gasteiger partial charge in [0.15, 0.2) is 5.71 Å². The molecule has 0 bridgehead atoms. The highest BCUT2D eigenvalue weighted by atomic mass is 35.5. The second-order valence-corrected chi connectivity index (χ2v) is 24.1. The van der Waals surface area contributed by atoms with Crippen LogP contribution in [0.15, 0.2) is 99.6 Å². The van der Waals surface area contributed by atoms with Crippen molar-refractivity contribution in [1.29, 1.82) is 0 Å². The number of anilines is 2. The lowest BCUT2D eigenvalue weighted by Crippen LogP contribution is -2.30. The number of fused-ring (bicyclic) bond motifs is 4. The van der Waals surface area contributed by atoms with E-state index in [1.54, 1.807) is 17.0 Å². The van der Waals surface area contributed by atoms with Gasteiger partial charge in [0.05, 0.1) is 27.6 Å². The molecule has 0 atom stereocenters. The molecule has 64 heavy (non-hydrogen) atoms. The van der Waals surface area contributed by atoms with Crippen LogP contribution in [0.25, 0.3) is 10.8 Å². The fraction of sp³-hybridized carbons (Fsp3) is 0.432. The predicted molar refractivity (Wildman–Crippen MR) is 252 cm³/mol. The van der Waals surface area contributed by atoms with Crippen LogP contribution < -0.4 is 9.80 Å². The normalized spacial score (nSPS) is 19.1. The molecule has 20 heteroatoms. The molecule has 0 aromatic heterocycles. The molecule has 0 saturated carbocycles. The van der Waals surface area contributed by atoms with Gasteiger partial charge in [0, 0.05) is 71.8 Å². The Balaban J connectivity index is 1.33. The summed E-state index contributed by atoms with van der Waals surface area (Å²) < 4.78 is 133. The van der Waals surface area contributed by atoms with Crippen LogP contribution in [-0.2, 0) is 51.3 Å². The van der Waals surface area contributed by atoms with Crippen molar-refractivity contribution < 1.29 is 56.5 Å². The van der Waals surface area contributed by atoms with Gasteiger partial charge in [-0.15, -0.1) is 0 Å². The Morgan fingerprint density at radius 2 is 1.38 bits per heavy atom. The van der Waals surface area contributed by atoms with Crippen LogP contribution in [0.2, 0.25) is 0 Å². The van der Waals surface area contributed by atoms with Crippen LogP contribution >= 0.6 is 11.6 Å². The van der Waals surface area contributed by atoms with Crippen molar-refractivity contribution in [2.45, 2.75) is 81.9 Å². The Labute approximate surface area is 381 Å². The molecule has 2 aliphatic heterocycles. The monoisotopic (exact) mass is 980 g/mol. The molecule has 2 heterocycles. The van der Waals surface area contributed by atoms with E-state index < -0.39 is 68.6 Å². The van der Waals surface area contributed by atoms with Gasteiger partial charge < -0.3 is 9.80 Å². The highest BCUT2D eigenvalue weighted by Gasteiger charge is 2.45. The third kappa shape index (κ3) is 11.2. The third-order valence-electron chi connectivity index (χ3n) is 12.3. The van der Waals surface area contributed by atoms with E-state index in [2.05, 4.69) is 24.8 Å². The molecule has 348 valence electrons. The van der Waals surface area contributed by atoms with Gasteiger partial charge in [-0.1, -0.05) is 49.7 Å². The third-order valence-corrected chi connectivity index (χ3v) is 16.0. The summed E-state index contributed by atoms with van der Waals surface area (Å²) in [7, 11) is -15.1. The summed E-state index contributed by atoms with van der Waals surface area (Å²) in [5, 5.41) is 2.18. The fourth-order valence-corrected chi connectivity index (χ4v) is 11.5. The molecular weight excluding hydrogens is 926 g/mol. The maximum atomic E-state index is 11.9. The Hall–Kier alpha value is -3.92. The zero-order valence-electron chi connectivity index (χ0n) is 36.3. The minimum absolute atomic E-state index is 0.0540. The van der Waals surface area contributed by atoms with E-state index in [9.17, 15) is 51.9 Å². The molecule has 6 rings (SSSR count). The van der Waals surface area contributed by atoms with E-state index in [4.69, 9.17) is 11.6 Å². The Morgan fingerprint density at radius 1 is 0.750 bits per heavy atom. The van der Waals surface area contributed by atoms with E-state index in [0.717, 1.165) is 63.3 Å². The molecule has 0 unspecified atom stereocenters. The van der Waals surface area contributed by atoms with Crippen molar-refractivity contribution >= 4 is 85.6 Å². The maximum absolute atomic E-state index is 11.9. The average Bonchev–Trinajstić information content (AvgIpc) is 3.51. The van der Waals surface area contributed by atoms with Crippen LogP contribution in [0.4, 0.5) is 17.1 Å². The average molecular weight is 982 g/mol. The molecule has 0 radical (unpaired) electrons. The smallest absolute Gasteiger partial charge is 0.294 e. The molecule has 0 fully saturated rings. The van der Waals surface area contributed by atoms with Crippen molar-refractivity contribution in [3.8, 4) is 0 Å². The second-order valence-electron chi connectivity index (χ2n) is 17.5. The first-order chi connectivity index (χ1) is 29.6. The van der Waals surface area contributed by atoms with Gasteiger partial charge in [-0.05, 0) is 110 Å². The van der Waals surface area contributed by atoms with Gasteiger partial charge in [0.2, 0.25) is 5.69 Å². The number of allylic oxidation sites excluding steroid dienone is 8. The van der Waals surface area contributed by atoms with Crippen LogP contribution in [0, 0.1) is 0 Å². The summed E-state index contributed by atoms with van der Waals surface area (Å²) in [4.78, 5) is 3.74. The molecule has 3 aromatic carbocycles. The minimum atomic E-state index is -4.37. The van der Waals surface area contributed by atoms with Crippen molar-refractivity contribution in [3.05, 3.63) is 106 Å². The van der Waals surface area contributed by atoms with Crippen molar-refractivity contribution in [2.75, 3.05) is 53.7 Å². The number of hydrogen-bond acceptors (Lipinski definition) is 10. The van der Waals surface area contributed by atoms with Gasteiger partial charge >= 0.3 is 0 Å². The van der Waals surface area contributed by atoms with Crippen molar-refractivity contribution in [2.24, 2.45) is 0 Å². The van der Waals surface area contributed by atoms with E-state index in [1.165, 1.54) is 12.1 Å². The van der Waals surface area contributed by atoms with Crippen LogP contribution in [0.3, 0.4) is 0 Å². The topological polar surface area (TPSA) is 227 Å². The number of halogens is 1. The Kier molecular flexibility index (Phi) is 14.2. The molecule has 1 aliphatic carbocycles. The number of likely N-dealkylation sites (N-methyl/N-ethyl adjacent to an activating group) is 1. The largest absolute Gasteiger partial charge is 0.371 e. The zero-order chi connectivity index (χ0) is 47.2. The molecule has 0 amide bonds. The number of hydrogen-bond donors (Lipinski definition) is 4. The summed E-state index contributed by atoms with van der Waals surface area (Å²) >= 11 is 7.19. The minimum Gasteiger partial charge on any atom is -0.371 e. The van der Waals surface area contributed by atoms with Crippen molar-refractivity contribution in [3.63, 3.8) is 0 Å². The fourth-order valence-electron chi connectivity index (χ4n) is 9.21. The molecule has 3 aliphatic rings. The lowest BCUT2D eigenvalue weighted by molar-refractivity contribution is -0.437. The maximum Gasteiger partial charge on any atom is 0.294 e. The molecule has 3 aromatic rings. The van der Waals surface area contributed by atoms with Crippen molar-refractivity contribution in [1.82, 2.24) is 0 Å². The molecule has 15 nitrogen and oxygen atoms in total. The number of nitrogens with zero attached hydrogens (tertiary/aromatic N) is 3. The summed E-state index contributed by atoms with van der Waals surface area (Å²) in [5.74, 6) is -1.45. The summed E-state index contributed by atoms with van der Waals surface area (Å²) in [6.07, 6.45) is 10.6. The van der Waals surface area contributed by atoms with Crippen LogP contribution in [0.5, 0.6) is 0 Å². The quantitative estimate of drug-likeness (QED) is 0.0756. The highest BCUT2D eigenvalue weighted by Crippen LogP contribution is 2.50. The van der Waals surface area contributed by atoms with Gasteiger partial charge in [-0.25, -0.2) is 0 Å². The SMILES string of the molecule is CN1/C(=C/C=C2\CCCC(/C=C/C3=[N+](CCCS(=O)(=O)O)c4ccc(N(CCCS(=O)(=O)O)CCCS(=O)(=O)O)cc4C3(C)C)=C2Cl)C(C)(C)c2c1ccc1cc(S(=O)(=O)O)ccc21. The van der Waals surface area contributed by atoms with E-state index in [-0.39, 0.29) is 43.8 Å². The number of rotatable bonds is 17. The van der Waals surface area contributed by atoms with E-state index in [1.807, 2.05) is 68.0 Å². The van der Waals surface area contributed by atoms with Crippen LogP contribution in [0.1, 0.15) is 77.3 Å². The first-order valence-corrected chi connectivity index (χ1v) is 27.4. The van der Waals surface area contributed by atoms with Gasteiger partial charge in [-0.2, -0.15) is 38.2 Å². The number of benzene rings is 3. The van der Waals surface area contributed by atoms with Gasteiger partial charge in [-0.3, -0.25) is 18.2 Å². The lowest BCUT2D eigenvalue weighted by atomic mass is 9.80. The summed E-state index contributed by atoms with van der Waals surface area (Å²) in [6.45, 7) is 8.82. The zero-order valence-corrected chi connectivity index (χ0v) is 40.3. The molecular formula is C44H55ClN3O12S4+. The Bertz CT molecular complexity index is 2950. The van der Waals surface area contributed by atoms with Gasteiger partial charge in [0.25, 0.3) is 40.5 Å². The first kappa shape index (κ1) is 49.5. The molecule has 0 saturated heterocycles. The summed E-state index contributed by atoms with van der Waals surface area (Å²) in [5.41, 5.74) is 6.83. The van der Waals surface area contributed by atoms with Gasteiger partial charge in [0.1, 0.15) is 6.54 Å². The molecule has 0 spiro atoms. The highest BCUT2D eigenvalue weighted by molar-refractivity contribution is 7.86. The Morgan fingerprint density at radius 3 is 1.98 bits per heavy atom. The molecule has 4 N–H and O–H groups in total. The lowest BCUT2D eigenvalue weighted by Gasteiger charge is -2.26. The van der Waals surface area contributed by atoms with Crippen LogP contribution in [-0.4, -0.2) is 106 Å².